The lowest BCUT2D eigenvalue weighted by molar-refractivity contribution is -0.137. The Kier molecular flexibility index (Phi) is 5.37. The van der Waals surface area contributed by atoms with Crippen LogP contribution in [0.4, 0.5) is 19.0 Å². The van der Waals surface area contributed by atoms with E-state index >= 15 is 0 Å². The van der Waals surface area contributed by atoms with Crippen molar-refractivity contribution in [2.75, 3.05) is 11.9 Å². The van der Waals surface area contributed by atoms with E-state index in [0.29, 0.717) is 17.5 Å². The van der Waals surface area contributed by atoms with Gasteiger partial charge in [0.15, 0.2) is 5.65 Å². The predicted octanol–water partition coefficient (Wildman–Crippen LogP) is 4.05. The highest BCUT2D eigenvalue weighted by Crippen LogP contribution is 2.38. The summed E-state index contributed by atoms with van der Waals surface area (Å²) in [6.45, 7) is -0.206. The molecule has 0 fully saturated rings. The predicted molar refractivity (Wildman–Crippen MR) is 107 cm³/mol. The molecule has 154 valence electrons. The van der Waals surface area contributed by atoms with Crippen molar-refractivity contribution >= 4 is 16.9 Å². The summed E-state index contributed by atoms with van der Waals surface area (Å²) in [5, 5.41) is 19.9. The summed E-state index contributed by atoms with van der Waals surface area (Å²) in [5.41, 5.74) is 0.230. The molecular weight excluding hydrogens is 395 g/mol. The molecule has 1 atom stereocenters. The molecule has 4 aromatic rings. The molecule has 1 aromatic carbocycles. The first kappa shape index (κ1) is 19.8. The van der Waals surface area contributed by atoms with Gasteiger partial charge in [-0.05, 0) is 36.2 Å². The molecule has 0 spiro atoms. The quantitative estimate of drug-likeness (QED) is 0.444. The van der Waals surface area contributed by atoms with Crippen LogP contribution in [0.3, 0.4) is 0 Å². The number of fused-ring (bicyclic) bond motifs is 1. The third-order valence-corrected chi connectivity index (χ3v) is 4.66. The van der Waals surface area contributed by atoms with Gasteiger partial charge in [0.2, 0.25) is 0 Å². The molecule has 6 nitrogen and oxygen atoms in total. The minimum absolute atomic E-state index is 0.0673. The average Bonchev–Trinajstić information content (AvgIpc) is 3.17. The number of alkyl halides is 3. The van der Waals surface area contributed by atoms with E-state index in [1.54, 1.807) is 12.1 Å². The molecule has 3 heterocycles. The van der Waals surface area contributed by atoms with Crippen molar-refractivity contribution in [3.8, 4) is 11.4 Å². The number of benzene rings is 1. The lowest BCUT2D eigenvalue weighted by Crippen LogP contribution is -2.27. The largest absolute Gasteiger partial charge is 0.418 e. The fraction of sp³-hybridized carbons (Fsp3) is 0.190. The van der Waals surface area contributed by atoms with Gasteiger partial charge in [-0.2, -0.15) is 18.3 Å². The molecule has 0 saturated carbocycles. The fourth-order valence-electron chi connectivity index (χ4n) is 3.25. The van der Waals surface area contributed by atoms with Crippen LogP contribution in [0, 0.1) is 0 Å². The summed E-state index contributed by atoms with van der Waals surface area (Å²) in [5.74, 6) is 0.216. The number of pyridine rings is 2. The maximum Gasteiger partial charge on any atom is 0.418 e. The van der Waals surface area contributed by atoms with Crippen molar-refractivity contribution in [2.45, 2.75) is 18.6 Å². The number of aliphatic hydroxyl groups excluding tert-OH is 1. The van der Waals surface area contributed by atoms with E-state index in [4.69, 9.17) is 0 Å². The minimum Gasteiger partial charge on any atom is -0.394 e. The first-order chi connectivity index (χ1) is 14.5. The van der Waals surface area contributed by atoms with Gasteiger partial charge in [0, 0.05) is 11.6 Å². The molecule has 0 unspecified atom stereocenters. The minimum atomic E-state index is -4.60. The van der Waals surface area contributed by atoms with Crippen molar-refractivity contribution in [2.24, 2.45) is 0 Å². The SMILES string of the molecule is OC[C@H](Cc1ccccc1)Nc1ccc(C(F)(F)F)c(-c2n[nH]c3ncccc23)n1. The maximum atomic E-state index is 13.6. The number of anilines is 1. The number of halogens is 3. The molecule has 3 aromatic heterocycles. The molecule has 0 aliphatic carbocycles. The summed E-state index contributed by atoms with van der Waals surface area (Å²) >= 11 is 0. The Labute approximate surface area is 169 Å². The molecule has 9 heteroatoms. The van der Waals surface area contributed by atoms with Crippen LogP contribution in [-0.2, 0) is 12.6 Å². The number of rotatable bonds is 6. The number of aromatic nitrogens is 4. The fourth-order valence-corrected chi connectivity index (χ4v) is 3.25. The van der Waals surface area contributed by atoms with Crippen molar-refractivity contribution in [1.82, 2.24) is 20.2 Å². The number of hydrogen-bond acceptors (Lipinski definition) is 5. The van der Waals surface area contributed by atoms with Crippen LogP contribution in [0.1, 0.15) is 11.1 Å². The zero-order chi connectivity index (χ0) is 21.1. The Morgan fingerprint density at radius 1 is 1.00 bits per heavy atom. The molecule has 0 aliphatic rings. The zero-order valence-electron chi connectivity index (χ0n) is 15.7. The molecule has 3 N–H and O–H groups in total. The first-order valence-electron chi connectivity index (χ1n) is 9.24. The number of nitrogens with zero attached hydrogens (tertiary/aromatic N) is 3. The van der Waals surface area contributed by atoms with Gasteiger partial charge in [-0.15, -0.1) is 0 Å². The van der Waals surface area contributed by atoms with Crippen LogP contribution in [0.5, 0.6) is 0 Å². The van der Waals surface area contributed by atoms with Crippen LogP contribution in [0.25, 0.3) is 22.4 Å². The third kappa shape index (κ3) is 4.11. The lowest BCUT2D eigenvalue weighted by Gasteiger charge is -2.19. The maximum absolute atomic E-state index is 13.6. The van der Waals surface area contributed by atoms with E-state index in [1.165, 1.54) is 12.3 Å². The van der Waals surface area contributed by atoms with Gasteiger partial charge in [0.05, 0.1) is 18.2 Å². The third-order valence-electron chi connectivity index (χ3n) is 4.66. The molecule has 0 bridgehead atoms. The highest BCUT2D eigenvalue weighted by Gasteiger charge is 2.36. The number of aromatic amines is 1. The molecule has 0 aliphatic heterocycles. The second-order valence-corrected chi connectivity index (χ2v) is 6.78. The molecule has 0 amide bonds. The molecular formula is C21H18F3N5O. The Hall–Kier alpha value is -3.46. The second-order valence-electron chi connectivity index (χ2n) is 6.78. The highest BCUT2D eigenvalue weighted by atomic mass is 19.4. The smallest absolute Gasteiger partial charge is 0.394 e. The lowest BCUT2D eigenvalue weighted by atomic mass is 10.1. The van der Waals surface area contributed by atoms with E-state index in [0.717, 1.165) is 11.6 Å². The number of nitrogens with one attached hydrogen (secondary N) is 2. The number of H-pyrrole nitrogens is 1. The zero-order valence-corrected chi connectivity index (χ0v) is 15.7. The monoisotopic (exact) mass is 413 g/mol. The molecule has 4 rings (SSSR count). The molecule has 0 radical (unpaired) electrons. The van der Waals surface area contributed by atoms with Gasteiger partial charge in [-0.3, -0.25) is 5.10 Å². The van der Waals surface area contributed by atoms with Gasteiger partial charge in [-0.1, -0.05) is 30.3 Å². The van der Waals surface area contributed by atoms with Gasteiger partial charge in [0.1, 0.15) is 17.2 Å². The Morgan fingerprint density at radius 3 is 2.53 bits per heavy atom. The Bertz CT molecular complexity index is 1140. The van der Waals surface area contributed by atoms with Gasteiger partial charge in [-0.25, -0.2) is 9.97 Å². The van der Waals surface area contributed by atoms with E-state index in [2.05, 4.69) is 25.5 Å². The van der Waals surface area contributed by atoms with Gasteiger partial charge < -0.3 is 10.4 Å². The average molecular weight is 413 g/mol. The summed E-state index contributed by atoms with van der Waals surface area (Å²) in [4.78, 5) is 8.28. The van der Waals surface area contributed by atoms with Crippen LogP contribution in [-0.4, -0.2) is 37.9 Å². The summed E-state index contributed by atoms with van der Waals surface area (Å²) in [6, 6.07) is 14.6. The molecule has 30 heavy (non-hydrogen) atoms. The Balaban J connectivity index is 1.71. The van der Waals surface area contributed by atoms with Crippen molar-refractivity contribution < 1.29 is 18.3 Å². The topological polar surface area (TPSA) is 86.7 Å². The number of hydrogen-bond donors (Lipinski definition) is 3. The van der Waals surface area contributed by atoms with Crippen molar-refractivity contribution in [3.05, 3.63) is 71.9 Å². The van der Waals surface area contributed by atoms with E-state index in [-0.39, 0.29) is 23.8 Å². The first-order valence-corrected chi connectivity index (χ1v) is 9.24. The van der Waals surface area contributed by atoms with Gasteiger partial charge in [0.25, 0.3) is 0 Å². The molecule has 0 saturated heterocycles. The standard InChI is InChI=1S/C21H18F3N5O/c22-21(23,24)16-8-9-17(26-14(12-30)11-13-5-2-1-3-6-13)27-19(16)18-15-7-4-10-25-20(15)29-28-18/h1-10,14,30H,11-12H2,(H,26,27)(H,25,28,29)/t14-/m0/s1. The van der Waals surface area contributed by atoms with E-state index < -0.39 is 17.8 Å². The van der Waals surface area contributed by atoms with Crippen LogP contribution >= 0.6 is 0 Å². The van der Waals surface area contributed by atoms with Crippen LogP contribution in [0.2, 0.25) is 0 Å². The second kappa shape index (κ2) is 8.11. The van der Waals surface area contributed by atoms with Crippen molar-refractivity contribution in [3.63, 3.8) is 0 Å². The van der Waals surface area contributed by atoms with Gasteiger partial charge >= 0.3 is 6.18 Å². The normalized spacial score (nSPS) is 12.8. The van der Waals surface area contributed by atoms with Crippen LogP contribution < -0.4 is 5.32 Å². The highest BCUT2D eigenvalue weighted by molar-refractivity contribution is 5.90. The number of aliphatic hydroxyl groups is 1. The summed E-state index contributed by atoms with van der Waals surface area (Å²) < 4.78 is 40.9. The summed E-state index contributed by atoms with van der Waals surface area (Å²) in [6.07, 6.45) is -2.59. The summed E-state index contributed by atoms with van der Waals surface area (Å²) in [7, 11) is 0. The Morgan fingerprint density at radius 2 is 1.80 bits per heavy atom. The van der Waals surface area contributed by atoms with E-state index in [1.807, 2.05) is 30.3 Å². The van der Waals surface area contributed by atoms with Crippen molar-refractivity contribution in [1.29, 1.82) is 0 Å². The van der Waals surface area contributed by atoms with E-state index in [9.17, 15) is 18.3 Å². The van der Waals surface area contributed by atoms with Crippen LogP contribution in [0.15, 0.2) is 60.8 Å².